The van der Waals surface area contributed by atoms with Gasteiger partial charge < -0.3 is 16.0 Å². The zero-order chi connectivity index (χ0) is 24.6. The number of hydrogen-bond acceptors (Lipinski definition) is 9. The summed E-state index contributed by atoms with van der Waals surface area (Å²) in [4.78, 5) is 27.8. The lowest BCUT2D eigenvalue weighted by Gasteiger charge is -2.34. The highest BCUT2D eigenvalue weighted by molar-refractivity contribution is 6.05. The number of aromatic amines is 1. The first-order chi connectivity index (χ1) is 17.6. The Morgan fingerprint density at radius 3 is 2.92 bits per heavy atom. The molecule has 178 valence electrons. The van der Waals surface area contributed by atoms with Crippen LogP contribution in [0.4, 0.5) is 11.5 Å². The number of nitrogen functional groups attached to an aromatic ring is 1. The highest BCUT2D eigenvalue weighted by atomic mass is 16.2. The first-order valence-electron chi connectivity index (χ1n) is 11.4. The van der Waals surface area contributed by atoms with Gasteiger partial charge >= 0.3 is 0 Å². The molecule has 36 heavy (non-hydrogen) atoms. The van der Waals surface area contributed by atoms with Crippen LogP contribution < -0.4 is 16.0 Å². The molecule has 4 aromatic heterocycles. The van der Waals surface area contributed by atoms with E-state index in [0.717, 1.165) is 36.3 Å². The normalized spacial score (nSPS) is 15.8. The molecule has 0 saturated carbocycles. The van der Waals surface area contributed by atoms with Gasteiger partial charge in [0.2, 0.25) is 0 Å². The van der Waals surface area contributed by atoms with Crippen molar-refractivity contribution >= 4 is 33.8 Å². The molecule has 1 aromatic carbocycles. The lowest BCUT2D eigenvalue weighted by molar-refractivity contribution is 0.0929. The summed E-state index contributed by atoms with van der Waals surface area (Å²) in [5.41, 5.74) is 10.9. The molecule has 1 saturated heterocycles. The SMILES string of the molecule is N#Cc1ccc2[nH]nc(C(=O)N[C@@H]3CCCN(c4cc(-c5cncnc5)n5ncnc(N)c45)C3)c2c1. The molecule has 1 amide bonds. The Morgan fingerprint density at radius 2 is 2.08 bits per heavy atom. The van der Waals surface area contributed by atoms with Crippen molar-refractivity contribution in [3.63, 3.8) is 0 Å². The van der Waals surface area contributed by atoms with Crippen LogP contribution in [0, 0.1) is 11.3 Å². The molecule has 5 aromatic rings. The third-order valence-electron chi connectivity index (χ3n) is 6.42. The van der Waals surface area contributed by atoms with E-state index < -0.39 is 0 Å². The van der Waals surface area contributed by atoms with Crippen LogP contribution >= 0.6 is 0 Å². The number of piperidine rings is 1. The quantitative estimate of drug-likeness (QED) is 0.349. The van der Waals surface area contributed by atoms with Crippen molar-refractivity contribution in [2.45, 2.75) is 18.9 Å². The number of nitrogens with two attached hydrogens (primary N) is 1. The van der Waals surface area contributed by atoms with E-state index in [2.05, 4.69) is 46.5 Å². The van der Waals surface area contributed by atoms with Gasteiger partial charge in [-0.2, -0.15) is 15.5 Å². The number of fused-ring (bicyclic) bond motifs is 2. The zero-order valence-corrected chi connectivity index (χ0v) is 19.1. The van der Waals surface area contributed by atoms with Crippen LogP contribution in [0.2, 0.25) is 0 Å². The zero-order valence-electron chi connectivity index (χ0n) is 19.1. The lowest BCUT2D eigenvalue weighted by atomic mass is 10.0. The van der Waals surface area contributed by atoms with Crippen LogP contribution in [0.1, 0.15) is 28.9 Å². The van der Waals surface area contributed by atoms with Crippen LogP contribution in [0.15, 0.2) is 49.3 Å². The largest absolute Gasteiger partial charge is 0.382 e. The Morgan fingerprint density at radius 1 is 1.22 bits per heavy atom. The van der Waals surface area contributed by atoms with E-state index in [9.17, 15) is 10.1 Å². The standard InChI is InChI=1S/C24H21N11O/c25-8-14-3-4-18-17(6-14)21(33-32-18)24(36)31-16-2-1-5-34(11-16)20-7-19(15-9-27-12-28-10-15)35-22(20)23(26)29-13-30-35/h3-4,6-7,9-10,12-13,16H,1-2,5,11H2,(H,31,36)(H,32,33)(H2,26,29,30)/t16-/m1/s1. The van der Waals surface area contributed by atoms with E-state index in [4.69, 9.17) is 5.73 Å². The van der Waals surface area contributed by atoms with Gasteiger partial charge in [0.05, 0.1) is 28.5 Å². The number of nitriles is 1. The van der Waals surface area contributed by atoms with Crippen molar-refractivity contribution in [3.05, 3.63) is 60.6 Å². The number of aromatic nitrogens is 7. The van der Waals surface area contributed by atoms with E-state index in [-0.39, 0.29) is 17.6 Å². The van der Waals surface area contributed by atoms with Gasteiger partial charge in [-0.3, -0.25) is 9.89 Å². The summed E-state index contributed by atoms with van der Waals surface area (Å²) in [6, 6.07) is 9.11. The molecular weight excluding hydrogens is 458 g/mol. The van der Waals surface area contributed by atoms with Crippen molar-refractivity contribution in [3.8, 4) is 17.3 Å². The summed E-state index contributed by atoms with van der Waals surface area (Å²) < 4.78 is 1.75. The number of nitrogens with zero attached hydrogens (tertiary/aromatic N) is 8. The van der Waals surface area contributed by atoms with Crippen molar-refractivity contribution in [1.82, 2.24) is 40.1 Å². The van der Waals surface area contributed by atoms with Crippen LogP contribution in [0.25, 0.3) is 27.7 Å². The van der Waals surface area contributed by atoms with Crippen LogP contribution in [0.3, 0.4) is 0 Å². The number of carbonyl (C=O) groups excluding carboxylic acids is 1. The van der Waals surface area contributed by atoms with Gasteiger partial charge in [0.15, 0.2) is 11.5 Å². The number of hydrogen-bond donors (Lipinski definition) is 3. The van der Waals surface area contributed by atoms with Gasteiger partial charge in [0, 0.05) is 42.5 Å². The Kier molecular flexibility index (Phi) is 5.15. The minimum atomic E-state index is -0.283. The number of benzene rings is 1. The fraction of sp³-hybridized carbons (Fsp3) is 0.208. The van der Waals surface area contributed by atoms with E-state index >= 15 is 0 Å². The summed E-state index contributed by atoms with van der Waals surface area (Å²) in [6.07, 6.45) is 8.05. The van der Waals surface area contributed by atoms with Crippen LogP contribution in [-0.4, -0.2) is 59.8 Å². The summed E-state index contributed by atoms with van der Waals surface area (Å²) in [7, 11) is 0. The minimum absolute atomic E-state index is 0.110. The summed E-state index contributed by atoms with van der Waals surface area (Å²) in [5.74, 6) is 0.0837. The Bertz CT molecular complexity index is 1630. The maximum absolute atomic E-state index is 13.1. The van der Waals surface area contributed by atoms with Gasteiger partial charge in [0.25, 0.3) is 5.91 Å². The maximum atomic E-state index is 13.1. The molecule has 12 heteroatoms. The first kappa shape index (κ1) is 21.5. The fourth-order valence-corrected chi connectivity index (χ4v) is 4.75. The molecule has 0 unspecified atom stereocenters. The number of H-pyrrole nitrogens is 1. The van der Waals surface area contributed by atoms with Gasteiger partial charge in [-0.25, -0.2) is 19.5 Å². The molecule has 0 radical (unpaired) electrons. The Balaban J connectivity index is 1.29. The lowest BCUT2D eigenvalue weighted by Crippen LogP contribution is -2.48. The number of amides is 1. The average molecular weight is 480 g/mol. The number of anilines is 2. The average Bonchev–Trinajstić information content (AvgIpc) is 3.52. The molecule has 1 atom stereocenters. The van der Waals surface area contributed by atoms with E-state index in [1.54, 1.807) is 35.1 Å². The second-order valence-electron chi connectivity index (χ2n) is 8.65. The van der Waals surface area contributed by atoms with Crippen molar-refractivity contribution in [2.24, 2.45) is 0 Å². The molecule has 0 spiro atoms. The predicted molar refractivity (Wildman–Crippen MR) is 132 cm³/mol. The highest BCUT2D eigenvalue weighted by Crippen LogP contribution is 2.34. The highest BCUT2D eigenvalue weighted by Gasteiger charge is 2.27. The molecule has 4 N–H and O–H groups in total. The van der Waals surface area contributed by atoms with Gasteiger partial charge in [-0.05, 0) is 37.1 Å². The third kappa shape index (κ3) is 3.63. The van der Waals surface area contributed by atoms with Crippen LogP contribution in [-0.2, 0) is 0 Å². The molecular formula is C24H21N11O. The molecule has 5 heterocycles. The van der Waals surface area contributed by atoms with Crippen molar-refractivity contribution < 1.29 is 4.79 Å². The molecule has 1 fully saturated rings. The molecule has 1 aliphatic rings. The minimum Gasteiger partial charge on any atom is -0.382 e. The molecule has 6 rings (SSSR count). The van der Waals surface area contributed by atoms with E-state index in [1.807, 2.05) is 6.07 Å². The fourth-order valence-electron chi connectivity index (χ4n) is 4.75. The third-order valence-corrected chi connectivity index (χ3v) is 6.42. The predicted octanol–water partition coefficient (Wildman–Crippen LogP) is 1.92. The van der Waals surface area contributed by atoms with Gasteiger partial charge in [0.1, 0.15) is 18.2 Å². The summed E-state index contributed by atoms with van der Waals surface area (Å²) in [5, 5.41) is 24.4. The monoisotopic (exact) mass is 479 g/mol. The topological polar surface area (TPSA) is 167 Å². The summed E-state index contributed by atoms with van der Waals surface area (Å²) >= 11 is 0. The van der Waals surface area contributed by atoms with Gasteiger partial charge in [-0.15, -0.1) is 0 Å². The maximum Gasteiger partial charge on any atom is 0.272 e. The van der Waals surface area contributed by atoms with Crippen molar-refractivity contribution in [2.75, 3.05) is 23.7 Å². The molecule has 12 nitrogen and oxygen atoms in total. The number of rotatable bonds is 4. The van der Waals surface area contributed by atoms with Crippen LogP contribution in [0.5, 0.6) is 0 Å². The smallest absolute Gasteiger partial charge is 0.272 e. The van der Waals surface area contributed by atoms with E-state index in [1.165, 1.54) is 12.7 Å². The summed E-state index contributed by atoms with van der Waals surface area (Å²) in [6.45, 7) is 1.37. The molecule has 0 aliphatic carbocycles. The first-order valence-corrected chi connectivity index (χ1v) is 11.4. The van der Waals surface area contributed by atoms with Gasteiger partial charge in [-0.1, -0.05) is 0 Å². The second-order valence-corrected chi connectivity index (χ2v) is 8.65. The molecule has 0 bridgehead atoms. The number of nitrogens with one attached hydrogen (secondary N) is 2. The second kappa shape index (κ2) is 8.62. The van der Waals surface area contributed by atoms with Crippen molar-refractivity contribution in [1.29, 1.82) is 5.26 Å². The van der Waals surface area contributed by atoms with E-state index in [0.29, 0.717) is 34.3 Å². The number of carbonyl (C=O) groups is 1. The Labute approximate surface area is 204 Å². The molecule has 1 aliphatic heterocycles. The Hall–Kier alpha value is -5.05.